The number of hydrogen-bond acceptors (Lipinski definition) is 2. The summed E-state index contributed by atoms with van der Waals surface area (Å²) in [5, 5.41) is 0. The summed E-state index contributed by atoms with van der Waals surface area (Å²) in [6.45, 7) is 4.36. The fourth-order valence-corrected chi connectivity index (χ4v) is 1.36. The van der Waals surface area contributed by atoms with Crippen molar-refractivity contribution in [1.29, 1.82) is 0 Å². The second kappa shape index (κ2) is 6.92. The zero-order valence-electron chi connectivity index (χ0n) is 9.99. The summed E-state index contributed by atoms with van der Waals surface area (Å²) in [5.74, 6) is 6.51. The maximum atomic E-state index is 5.89. The minimum atomic E-state index is 0.248. The zero-order chi connectivity index (χ0) is 11.8. The molecule has 0 aliphatic heterocycles. The van der Waals surface area contributed by atoms with Crippen molar-refractivity contribution in [2.24, 2.45) is 5.73 Å². The molecular formula is C14H19NO. The van der Waals surface area contributed by atoms with E-state index in [1.807, 2.05) is 12.1 Å². The molecule has 0 spiro atoms. The Morgan fingerprint density at radius 2 is 2.00 bits per heavy atom. The third-order valence-electron chi connectivity index (χ3n) is 2.43. The van der Waals surface area contributed by atoms with E-state index in [4.69, 9.17) is 10.5 Å². The molecule has 0 amide bonds. The molecule has 0 bridgehead atoms. The average Bonchev–Trinajstić information content (AvgIpc) is 2.31. The second-order valence-electron chi connectivity index (χ2n) is 3.73. The minimum Gasteiger partial charge on any atom is -0.481 e. The van der Waals surface area contributed by atoms with Gasteiger partial charge in [0.1, 0.15) is 12.4 Å². The van der Waals surface area contributed by atoms with Gasteiger partial charge in [0.05, 0.1) is 0 Å². The van der Waals surface area contributed by atoms with Crippen LogP contribution in [0.4, 0.5) is 0 Å². The number of nitrogens with two attached hydrogens (primary N) is 1. The molecule has 86 valence electrons. The standard InChI is InChI=1S/C14H19NO/c1-3-5-10-16-14-8-6-12(7-9-14)11-13(15)4-2/h6-9,13H,4,10-11,15H2,1-2H3. The van der Waals surface area contributed by atoms with Crippen molar-refractivity contribution >= 4 is 0 Å². The van der Waals surface area contributed by atoms with E-state index >= 15 is 0 Å². The van der Waals surface area contributed by atoms with Crippen LogP contribution >= 0.6 is 0 Å². The fourth-order valence-electron chi connectivity index (χ4n) is 1.36. The van der Waals surface area contributed by atoms with E-state index in [1.54, 1.807) is 6.92 Å². The van der Waals surface area contributed by atoms with Crippen LogP contribution in [0.2, 0.25) is 0 Å². The SMILES string of the molecule is CC#CCOc1ccc(CC(N)CC)cc1. The van der Waals surface area contributed by atoms with Gasteiger partial charge in [-0.05, 0) is 37.5 Å². The van der Waals surface area contributed by atoms with Gasteiger partial charge in [0.2, 0.25) is 0 Å². The Labute approximate surface area is 97.8 Å². The molecule has 2 N–H and O–H groups in total. The van der Waals surface area contributed by atoms with E-state index in [1.165, 1.54) is 5.56 Å². The first-order valence-corrected chi connectivity index (χ1v) is 5.63. The highest BCUT2D eigenvalue weighted by atomic mass is 16.5. The molecule has 0 aliphatic rings. The lowest BCUT2D eigenvalue weighted by molar-refractivity contribution is 0.370. The molecule has 1 rings (SSSR count). The van der Waals surface area contributed by atoms with Gasteiger partial charge < -0.3 is 10.5 Å². The third kappa shape index (κ3) is 4.37. The van der Waals surface area contributed by atoms with Gasteiger partial charge in [-0.25, -0.2) is 0 Å². The Kier molecular flexibility index (Phi) is 5.45. The van der Waals surface area contributed by atoms with Crippen molar-refractivity contribution in [3.05, 3.63) is 29.8 Å². The van der Waals surface area contributed by atoms with E-state index in [0.29, 0.717) is 6.61 Å². The van der Waals surface area contributed by atoms with E-state index < -0.39 is 0 Å². The van der Waals surface area contributed by atoms with Gasteiger partial charge in [0, 0.05) is 6.04 Å². The molecule has 0 heterocycles. The van der Waals surface area contributed by atoms with Gasteiger partial charge in [0.25, 0.3) is 0 Å². The molecule has 0 radical (unpaired) electrons. The number of rotatable bonds is 5. The average molecular weight is 217 g/mol. The molecule has 16 heavy (non-hydrogen) atoms. The first-order chi connectivity index (χ1) is 7.76. The summed E-state index contributed by atoms with van der Waals surface area (Å²) in [6, 6.07) is 8.30. The maximum absolute atomic E-state index is 5.89. The van der Waals surface area contributed by atoms with Crippen LogP contribution in [0.5, 0.6) is 5.75 Å². The van der Waals surface area contributed by atoms with Gasteiger partial charge in [-0.15, -0.1) is 5.92 Å². The van der Waals surface area contributed by atoms with Crippen molar-refractivity contribution in [3.8, 4) is 17.6 Å². The van der Waals surface area contributed by atoms with Gasteiger partial charge in [-0.3, -0.25) is 0 Å². The Morgan fingerprint density at radius 1 is 1.31 bits per heavy atom. The predicted molar refractivity (Wildman–Crippen MR) is 67.4 cm³/mol. The van der Waals surface area contributed by atoms with Gasteiger partial charge in [0.15, 0.2) is 0 Å². The van der Waals surface area contributed by atoms with Crippen LogP contribution in [-0.2, 0) is 6.42 Å². The molecule has 1 atom stereocenters. The lowest BCUT2D eigenvalue weighted by Gasteiger charge is -2.09. The summed E-state index contributed by atoms with van der Waals surface area (Å²) in [7, 11) is 0. The van der Waals surface area contributed by atoms with E-state index in [0.717, 1.165) is 18.6 Å². The third-order valence-corrected chi connectivity index (χ3v) is 2.43. The lowest BCUT2D eigenvalue weighted by atomic mass is 10.0. The molecule has 0 aliphatic carbocycles. The van der Waals surface area contributed by atoms with Crippen molar-refractivity contribution in [2.45, 2.75) is 32.7 Å². The Balaban J connectivity index is 2.49. The van der Waals surface area contributed by atoms with Gasteiger partial charge in [-0.1, -0.05) is 25.0 Å². The molecule has 2 heteroatoms. The number of ether oxygens (including phenoxy) is 1. The van der Waals surface area contributed by atoms with Crippen LogP contribution in [0.15, 0.2) is 24.3 Å². The van der Waals surface area contributed by atoms with E-state index in [9.17, 15) is 0 Å². The summed E-state index contributed by atoms with van der Waals surface area (Å²) < 4.78 is 5.43. The van der Waals surface area contributed by atoms with Crippen LogP contribution in [0.25, 0.3) is 0 Å². The van der Waals surface area contributed by atoms with Crippen molar-refractivity contribution in [2.75, 3.05) is 6.61 Å². The highest BCUT2D eigenvalue weighted by molar-refractivity contribution is 5.28. The Hall–Kier alpha value is -1.46. The fraction of sp³-hybridized carbons (Fsp3) is 0.429. The molecule has 0 fully saturated rings. The first-order valence-electron chi connectivity index (χ1n) is 5.63. The zero-order valence-corrected chi connectivity index (χ0v) is 9.99. The van der Waals surface area contributed by atoms with Crippen LogP contribution in [0, 0.1) is 11.8 Å². The maximum Gasteiger partial charge on any atom is 0.149 e. The summed E-state index contributed by atoms with van der Waals surface area (Å²) in [5.41, 5.74) is 7.14. The highest BCUT2D eigenvalue weighted by Crippen LogP contribution is 2.13. The van der Waals surface area contributed by atoms with Crippen LogP contribution < -0.4 is 10.5 Å². The normalized spacial score (nSPS) is 11.4. The number of hydrogen-bond donors (Lipinski definition) is 1. The minimum absolute atomic E-state index is 0.248. The molecule has 2 nitrogen and oxygen atoms in total. The quantitative estimate of drug-likeness (QED) is 0.768. The van der Waals surface area contributed by atoms with Crippen molar-refractivity contribution in [1.82, 2.24) is 0 Å². The van der Waals surface area contributed by atoms with Crippen LogP contribution in [0.3, 0.4) is 0 Å². The molecule has 0 aromatic heterocycles. The Bertz CT molecular complexity index is 359. The number of benzene rings is 1. The van der Waals surface area contributed by atoms with E-state index in [-0.39, 0.29) is 6.04 Å². The summed E-state index contributed by atoms with van der Waals surface area (Å²) in [4.78, 5) is 0. The van der Waals surface area contributed by atoms with Crippen LogP contribution in [-0.4, -0.2) is 12.6 Å². The Morgan fingerprint density at radius 3 is 2.56 bits per heavy atom. The molecule has 1 aromatic carbocycles. The van der Waals surface area contributed by atoms with Gasteiger partial charge in [-0.2, -0.15) is 0 Å². The van der Waals surface area contributed by atoms with E-state index in [2.05, 4.69) is 30.9 Å². The van der Waals surface area contributed by atoms with Crippen molar-refractivity contribution in [3.63, 3.8) is 0 Å². The predicted octanol–water partition coefficient (Wildman–Crippen LogP) is 2.37. The summed E-state index contributed by atoms with van der Waals surface area (Å²) in [6.07, 6.45) is 1.93. The second-order valence-corrected chi connectivity index (χ2v) is 3.73. The van der Waals surface area contributed by atoms with Gasteiger partial charge >= 0.3 is 0 Å². The molecule has 1 unspecified atom stereocenters. The van der Waals surface area contributed by atoms with Crippen molar-refractivity contribution < 1.29 is 4.74 Å². The monoisotopic (exact) mass is 217 g/mol. The molecule has 0 saturated heterocycles. The lowest BCUT2D eigenvalue weighted by Crippen LogP contribution is -2.21. The highest BCUT2D eigenvalue weighted by Gasteiger charge is 2.01. The van der Waals surface area contributed by atoms with Crippen LogP contribution in [0.1, 0.15) is 25.8 Å². The molecular weight excluding hydrogens is 198 g/mol. The molecule has 0 saturated carbocycles. The summed E-state index contributed by atoms with van der Waals surface area (Å²) >= 11 is 0. The largest absolute Gasteiger partial charge is 0.481 e. The molecule has 1 aromatic rings. The first kappa shape index (κ1) is 12.6. The topological polar surface area (TPSA) is 35.2 Å². The smallest absolute Gasteiger partial charge is 0.149 e.